The molecule has 1 aromatic carbocycles. The Kier molecular flexibility index (Phi) is 3.26. The molecule has 1 amide bonds. The molecule has 0 aliphatic heterocycles. The monoisotopic (exact) mass is 289 g/mol. The largest absolute Gasteiger partial charge is 0.370 e. The third-order valence-corrected chi connectivity index (χ3v) is 4.49. The van der Waals surface area contributed by atoms with E-state index in [0.717, 1.165) is 12.0 Å². The first kappa shape index (κ1) is 13.2. The number of allylic oxidation sites excluding steroid dienone is 2. The molecule has 0 saturated heterocycles. The van der Waals surface area contributed by atoms with Gasteiger partial charge in [-0.1, -0.05) is 35.9 Å². The Morgan fingerprint density at radius 3 is 2.45 bits per heavy atom. The number of carbonyl (C=O) groups is 1. The molecule has 4 N–H and O–H groups in total. The zero-order chi connectivity index (χ0) is 14.3. The Balaban J connectivity index is 1.95. The third kappa shape index (κ3) is 2.20. The van der Waals surface area contributed by atoms with Gasteiger partial charge in [0.1, 0.15) is 0 Å². The van der Waals surface area contributed by atoms with Crippen LogP contribution in [-0.2, 0) is 4.79 Å². The highest BCUT2D eigenvalue weighted by Gasteiger charge is 2.48. The first-order valence-electron chi connectivity index (χ1n) is 6.63. The van der Waals surface area contributed by atoms with Crippen LogP contribution in [0.5, 0.6) is 0 Å². The molecule has 1 aromatic rings. The number of rotatable bonds is 2. The number of benzene rings is 1. The predicted octanol–water partition coefficient (Wildman–Crippen LogP) is 2.05. The number of nitrogens with two attached hydrogens (primary N) is 2. The van der Waals surface area contributed by atoms with Crippen molar-refractivity contribution in [2.45, 2.75) is 12.3 Å². The second-order valence-corrected chi connectivity index (χ2v) is 5.86. The van der Waals surface area contributed by atoms with Crippen molar-refractivity contribution in [3.05, 3.63) is 47.0 Å². The van der Waals surface area contributed by atoms with E-state index in [-0.39, 0.29) is 29.6 Å². The standard InChI is InChI=1S/C15H16ClN3O/c16-11-5-3-8(4-6-11)12-9-1-2-10(7-9)13(12)14(20)19-15(17)18/h1-6,9-10,12-13H,7H2,(H4,17,18,19,20)/t9?,10?,12-,13-/m1/s1. The van der Waals surface area contributed by atoms with Gasteiger partial charge < -0.3 is 11.5 Å². The number of fused-ring (bicyclic) bond motifs is 2. The van der Waals surface area contributed by atoms with E-state index in [9.17, 15) is 4.79 Å². The Morgan fingerprint density at radius 2 is 1.80 bits per heavy atom. The van der Waals surface area contributed by atoms with Crippen molar-refractivity contribution in [1.82, 2.24) is 0 Å². The number of hydrogen-bond acceptors (Lipinski definition) is 1. The summed E-state index contributed by atoms with van der Waals surface area (Å²) in [5, 5.41) is 0.694. The Labute approximate surface area is 122 Å². The minimum absolute atomic E-state index is 0.137. The third-order valence-electron chi connectivity index (χ3n) is 4.24. The number of amides is 1. The van der Waals surface area contributed by atoms with Gasteiger partial charge in [-0.15, -0.1) is 0 Å². The van der Waals surface area contributed by atoms with Crippen molar-refractivity contribution in [2.24, 2.45) is 34.2 Å². The summed E-state index contributed by atoms with van der Waals surface area (Å²) in [6, 6.07) is 7.68. The summed E-state index contributed by atoms with van der Waals surface area (Å²) in [7, 11) is 0. The molecule has 3 rings (SSSR count). The molecule has 20 heavy (non-hydrogen) atoms. The van der Waals surface area contributed by atoms with E-state index in [1.54, 1.807) is 0 Å². The number of halogens is 1. The van der Waals surface area contributed by atoms with Crippen molar-refractivity contribution in [1.29, 1.82) is 0 Å². The topological polar surface area (TPSA) is 81.5 Å². The number of hydrogen-bond donors (Lipinski definition) is 2. The molecular formula is C15H16ClN3O. The van der Waals surface area contributed by atoms with Crippen LogP contribution in [0.4, 0.5) is 0 Å². The van der Waals surface area contributed by atoms with E-state index in [2.05, 4.69) is 17.1 Å². The molecule has 4 nitrogen and oxygen atoms in total. The molecule has 2 unspecified atom stereocenters. The molecule has 2 aliphatic carbocycles. The van der Waals surface area contributed by atoms with E-state index in [1.165, 1.54) is 0 Å². The molecule has 1 fully saturated rings. The van der Waals surface area contributed by atoms with Crippen molar-refractivity contribution < 1.29 is 4.79 Å². The van der Waals surface area contributed by atoms with Crippen LogP contribution in [0.1, 0.15) is 17.9 Å². The van der Waals surface area contributed by atoms with Gasteiger partial charge in [-0.3, -0.25) is 4.79 Å². The fourth-order valence-electron chi connectivity index (χ4n) is 3.50. The van der Waals surface area contributed by atoms with Crippen LogP contribution in [0.15, 0.2) is 41.4 Å². The van der Waals surface area contributed by atoms with Crippen LogP contribution in [0.2, 0.25) is 5.02 Å². The van der Waals surface area contributed by atoms with Crippen molar-refractivity contribution >= 4 is 23.5 Å². The first-order valence-corrected chi connectivity index (χ1v) is 7.01. The van der Waals surface area contributed by atoms with Gasteiger partial charge >= 0.3 is 0 Å². The second-order valence-electron chi connectivity index (χ2n) is 5.43. The number of guanidine groups is 1. The second kappa shape index (κ2) is 4.94. The molecule has 1 saturated carbocycles. The summed E-state index contributed by atoms with van der Waals surface area (Å²) in [4.78, 5) is 16.0. The Hall–Kier alpha value is -1.81. The average molecular weight is 290 g/mol. The number of nitrogens with zero attached hydrogens (tertiary/aromatic N) is 1. The Morgan fingerprint density at radius 1 is 1.15 bits per heavy atom. The molecule has 104 valence electrons. The molecule has 0 spiro atoms. The molecule has 0 radical (unpaired) electrons. The lowest BCUT2D eigenvalue weighted by atomic mass is 9.78. The van der Waals surface area contributed by atoms with Crippen molar-refractivity contribution in [3.8, 4) is 0 Å². The quantitative estimate of drug-likeness (QED) is 0.497. The lowest BCUT2D eigenvalue weighted by Crippen LogP contribution is -2.30. The van der Waals surface area contributed by atoms with Crippen LogP contribution in [-0.4, -0.2) is 11.9 Å². The molecular weight excluding hydrogens is 274 g/mol. The summed E-state index contributed by atoms with van der Waals surface area (Å²) in [5.41, 5.74) is 11.8. The lowest BCUT2D eigenvalue weighted by molar-refractivity contribution is -0.122. The highest BCUT2D eigenvalue weighted by atomic mass is 35.5. The predicted molar refractivity (Wildman–Crippen MR) is 79.2 cm³/mol. The summed E-state index contributed by atoms with van der Waals surface area (Å²) >= 11 is 5.93. The van der Waals surface area contributed by atoms with Gasteiger partial charge in [0.2, 0.25) is 0 Å². The zero-order valence-electron chi connectivity index (χ0n) is 10.9. The molecule has 2 bridgehead atoms. The zero-order valence-corrected chi connectivity index (χ0v) is 11.6. The van der Waals surface area contributed by atoms with Crippen LogP contribution < -0.4 is 11.5 Å². The minimum Gasteiger partial charge on any atom is -0.370 e. The van der Waals surface area contributed by atoms with Crippen LogP contribution >= 0.6 is 11.6 Å². The smallest absolute Gasteiger partial charge is 0.253 e. The normalized spacial score (nSPS) is 30.4. The molecule has 2 aliphatic rings. The fraction of sp³-hybridized carbons (Fsp3) is 0.333. The lowest BCUT2D eigenvalue weighted by Gasteiger charge is -2.26. The maximum Gasteiger partial charge on any atom is 0.253 e. The van der Waals surface area contributed by atoms with Crippen LogP contribution in [0, 0.1) is 17.8 Å². The van der Waals surface area contributed by atoms with Gasteiger partial charge in [0.25, 0.3) is 5.91 Å². The van der Waals surface area contributed by atoms with Gasteiger partial charge in [-0.25, -0.2) is 0 Å². The maximum absolute atomic E-state index is 12.3. The van der Waals surface area contributed by atoms with Gasteiger partial charge in [0.05, 0.1) is 5.92 Å². The van der Waals surface area contributed by atoms with Crippen molar-refractivity contribution in [3.63, 3.8) is 0 Å². The van der Waals surface area contributed by atoms with Crippen LogP contribution in [0.25, 0.3) is 0 Å². The van der Waals surface area contributed by atoms with Crippen LogP contribution in [0.3, 0.4) is 0 Å². The molecule has 0 aromatic heterocycles. The maximum atomic E-state index is 12.3. The van der Waals surface area contributed by atoms with Crippen molar-refractivity contribution in [2.75, 3.05) is 0 Å². The average Bonchev–Trinajstić information content (AvgIpc) is 2.99. The van der Waals surface area contributed by atoms with Gasteiger partial charge in [0, 0.05) is 10.9 Å². The SMILES string of the molecule is NC(N)=NC(=O)[C@@H]1C2C=CC(C2)[C@H]1c1ccc(Cl)cc1. The van der Waals surface area contributed by atoms with E-state index < -0.39 is 0 Å². The highest BCUT2D eigenvalue weighted by molar-refractivity contribution is 6.30. The van der Waals surface area contributed by atoms with E-state index in [4.69, 9.17) is 23.1 Å². The summed E-state index contributed by atoms with van der Waals surface area (Å²) < 4.78 is 0. The summed E-state index contributed by atoms with van der Waals surface area (Å²) in [5.74, 6) is 0.185. The van der Waals surface area contributed by atoms with E-state index in [0.29, 0.717) is 10.9 Å². The summed E-state index contributed by atoms with van der Waals surface area (Å²) in [6.45, 7) is 0. The number of carbonyl (C=O) groups excluding carboxylic acids is 1. The Bertz CT molecular complexity index is 590. The molecule has 0 heterocycles. The van der Waals surface area contributed by atoms with E-state index >= 15 is 0 Å². The summed E-state index contributed by atoms with van der Waals surface area (Å²) in [6.07, 6.45) is 5.30. The first-order chi connectivity index (χ1) is 9.56. The van der Waals surface area contributed by atoms with Gasteiger partial charge in [-0.2, -0.15) is 4.99 Å². The van der Waals surface area contributed by atoms with E-state index in [1.807, 2.05) is 24.3 Å². The molecule has 5 heteroatoms. The van der Waals surface area contributed by atoms with Gasteiger partial charge in [-0.05, 0) is 36.0 Å². The van der Waals surface area contributed by atoms with Gasteiger partial charge in [0.15, 0.2) is 5.96 Å². The number of aliphatic imine (C=N–C) groups is 1. The fourth-order valence-corrected chi connectivity index (χ4v) is 3.63. The minimum atomic E-state index is -0.221. The molecule has 4 atom stereocenters. The highest BCUT2D eigenvalue weighted by Crippen LogP contribution is 2.53.